The molecule has 1 heterocycles. The monoisotopic (exact) mass is 499 g/mol. The molecule has 0 spiro atoms. The minimum Gasteiger partial charge on any atom is -0.369 e. The maximum absolute atomic E-state index is 13.3. The molecule has 8 heteroatoms. The molecule has 0 aromatic heterocycles. The Kier molecular flexibility index (Phi) is 7.05. The molecular weight excluding hydrogens is 466 g/mol. The van der Waals surface area contributed by atoms with Gasteiger partial charge < -0.3 is 27.8 Å². The highest BCUT2D eigenvalue weighted by molar-refractivity contribution is 5.99. The van der Waals surface area contributed by atoms with Crippen LogP contribution in [0.1, 0.15) is 31.4 Å². The van der Waals surface area contributed by atoms with Crippen molar-refractivity contribution in [2.24, 2.45) is 28.5 Å². The van der Waals surface area contributed by atoms with E-state index in [1.54, 1.807) is 19.9 Å². The van der Waals surface area contributed by atoms with E-state index in [-0.39, 0.29) is 5.91 Å². The molecular formula is C29H33N5O3. The van der Waals surface area contributed by atoms with Crippen LogP contribution in [0.5, 0.6) is 0 Å². The van der Waals surface area contributed by atoms with Gasteiger partial charge in [-0.15, -0.1) is 0 Å². The number of hydrogen-bond acceptors (Lipinski definition) is 4. The molecule has 2 unspecified atom stereocenters. The summed E-state index contributed by atoms with van der Waals surface area (Å²) >= 11 is 0. The standard InChI is InChI=1S/C29H33N5O3/c1-28(32,17-18-11-13-19(14-12-18)21-8-4-6-10-24(21)34-27(31)37)29(2,26(30)36)22-16-15-20-7-3-5-9-23(20)33-25(22)35/h3-14,22H,15-17,32H2,1-2H3,(H2,30,36)(H,33,35)(H3,31,34,37)/t22?,28-,29?/m1/s1. The second-order valence-electron chi connectivity index (χ2n) is 10.1. The number of nitrogens with one attached hydrogen (secondary N) is 2. The van der Waals surface area contributed by atoms with Crippen LogP contribution in [0, 0.1) is 11.3 Å². The number of hydrogen-bond donors (Lipinski definition) is 5. The van der Waals surface area contributed by atoms with Gasteiger partial charge in [0, 0.05) is 16.8 Å². The van der Waals surface area contributed by atoms with E-state index in [0.717, 1.165) is 27.9 Å². The van der Waals surface area contributed by atoms with Crippen LogP contribution in [0.3, 0.4) is 0 Å². The quantitative estimate of drug-likeness (QED) is 0.335. The number of rotatable bonds is 7. The summed E-state index contributed by atoms with van der Waals surface area (Å²) < 4.78 is 0. The Hall–Kier alpha value is -4.17. The molecule has 8 N–H and O–H groups in total. The topological polar surface area (TPSA) is 153 Å². The van der Waals surface area contributed by atoms with E-state index in [9.17, 15) is 14.4 Å². The SMILES string of the molecule is CC(C(N)=O)(C1CCc2ccccc2NC1=O)[C@](C)(N)Cc1ccc(-c2ccccc2NC(N)=O)cc1. The summed E-state index contributed by atoms with van der Waals surface area (Å²) in [5, 5.41) is 5.61. The van der Waals surface area contributed by atoms with E-state index in [0.29, 0.717) is 24.9 Å². The van der Waals surface area contributed by atoms with Crippen molar-refractivity contribution in [1.82, 2.24) is 0 Å². The summed E-state index contributed by atoms with van der Waals surface area (Å²) in [6.45, 7) is 3.48. The van der Waals surface area contributed by atoms with Crippen LogP contribution in [-0.4, -0.2) is 23.4 Å². The number of nitrogens with two attached hydrogens (primary N) is 3. The number of benzene rings is 3. The molecule has 1 aliphatic heterocycles. The van der Waals surface area contributed by atoms with E-state index >= 15 is 0 Å². The smallest absolute Gasteiger partial charge is 0.316 e. The van der Waals surface area contributed by atoms with Crippen molar-refractivity contribution in [1.29, 1.82) is 0 Å². The molecule has 3 atom stereocenters. The molecule has 4 amide bonds. The van der Waals surface area contributed by atoms with Crippen molar-refractivity contribution in [3.05, 3.63) is 83.9 Å². The number of carbonyl (C=O) groups excluding carboxylic acids is 3. The third-order valence-electron chi connectivity index (χ3n) is 7.71. The predicted octanol–water partition coefficient (Wildman–Crippen LogP) is 3.80. The van der Waals surface area contributed by atoms with Gasteiger partial charge in [0.25, 0.3) is 0 Å². The molecule has 0 radical (unpaired) electrons. The number of amides is 4. The van der Waals surface area contributed by atoms with Gasteiger partial charge in [-0.3, -0.25) is 9.59 Å². The lowest BCUT2D eigenvalue weighted by Crippen LogP contribution is -2.64. The molecule has 0 bridgehead atoms. The van der Waals surface area contributed by atoms with Crippen LogP contribution < -0.4 is 27.8 Å². The minimum atomic E-state index is -1.31. The van der Waals surface area contributed by atoms with Crippen molar-refractivity contribution in [2.75, 3.05) is 10.6 Å². The van der Waals surface area contributed by atoms with E-state index in [2.05, 4.69) is 10.6 Å². The molecule has 0 saturated heterocycles. The Morgan fingerprint density at radius 1 is 0.973 bits per heavy atom. The summed E-state index contributed by atoms with van der Waals surface area (Å²) in [6.07, 6.45) is 1.41. The highest BCUT2D eigenvalue weighted by Gasteiger charge is 2.54. The zero-order valence-corrected chi connectivity index (χ0v) is 21.1. The summed E-state index contributed by atoms with van der Waals surface area (Å²) in [4.78, 5) is 37.7. The fourth-order valence-corrected chi connectivity index (χ4v) is 5.30. The lowest BCUT2D eigenvalue weighted by molar-refractivity contribution is -0.142. The molecule has 0 fully saturated rings. The number of anilines is 2. The predicted molar refractivity (Wildman–Crippen MR) is 146 cm³/mol. The fraction of sp³-hybridized carbons (Fsp3) is 0.276. The number of aryl methyl sites for hydroxylation is 1. The van der Waals surface area contributed by atoms with Crippen LogP contribution in [0.15, 0.2) is 72.8 Å². The number of para-hydroxylation sites is 2. The van der Waals surface area contributed by atoms with Crippen LogP contribution in [0.2, 0.25) is 0 Å². The lowest BCUT2D eigenvalue weighted by atomic mass is 9.60. The van der Waals surface area contributed by atoms with Gasteiger partial charge in [-0.05, 0) is 61.9 Å². The molecule has 0 aliphatic carbocycles. The summed E-state index contributed by atoms with van der Waals surface area (Å²) in [6, 6.07) is 22.0. The van der Waals surface area contributed by atoms with Gasteiger partial charge >= 0.3 is 6.03 Å². The van der Waals surface area contributed by atoms with Crippen molar-refractivity contribution in [3.63, 3.8) is 0 Å². The first-order valence-corrected chi connectivity index (χ1v) is 12.3. The summed E-state index contributed by atoms with van der Waals surface area (Å²) in [5.74, 6) is -1.55. The Bertz CT molecular complexity index is 1340. The van der Waals surface area contributed by atoms with E-state index in [1.165, 1.54) is 0 Å². The van der Waals surface area contributed by atoms with Crippen molar-refractivity contribution >= 4 is 29.2 Å². The van der Waals surface area contributed by atoms with Crippen LogP contribution in [0.4, 0.5) is 16.2 Å². The maximum Gasteiger partial charge on any atom is 0.316 e. The molecule has 3 aromatic rings. The Morgan fingerprint density at radius 2 is 1.62 bits per heavy atom. The van der Waals surface area contributed by atoms with E-state index in [1.807, 2.05) is 66.7 Å². The number of primary amides is 2. The van der Waals surface area contributed by atoms with Gasteiger partial charge in [-0.1, -0.05) is 60.7 Å². The Morgan fingerprint density at radius 3 is 2.30 bits per heavy atom. The van der Waals surface area contributed by atoms with Crippen molar-refractivity contribution < 1.29 is 14.4 Å². The fourth-order valence-electron chi connectivity index (χ4n) is 5.30. The molecule has 37 heavy (non-hydrogen) atoms. The highest BCUT2D eigenvalue weighted by Crippen LogP contribution is 2.43. The molecule has 3 aromatic carbocycles. The molecule has 192 valence electrons. The highest BCUT2D eigenvalue weighted by atomic mass is 16.2. The number of fused-ring (bicyclic) bond motifs is 1. The molecule has 4 rings (SSSR count). The first-order valence-electron chi connectivity index (χ1n) is 12.3. The second kappa shape index (κ2) is 10.1. The van der Waals surface area contributed by atoms with Crippen molar-refractivity contribution in [2.45, 2.75) is 38.6 Å². The second-order valence-corrected chi connectivity index (χ2v) is 10.1. The average Bonchev–Trinajstić information content (AvgIpc) is 3.02. The normalized spacial score (nSPS) is 18.4. The minimum absolute atomic E-state index is 0.253. The zero-order chi connectivity index (χ0) is 26.8. The van der Waals surface area contributed by atoms with Gasteiger partial charge in [0.15, 0.2) is 0 Å². The third kappa shape index (κ3) is 5.06. The van der Waals surface area contributed by atoms with Gasteiger partial charge in [0.2, 0.25) is 11.8 Å². The number of carbonyl (C=O) groups is 3. The summed E-state index contributed by atoms with van der Waals surface area (Å²) in [5.41, 5.74) is 20.7. The van der Waals surface area contributed by atoms with Gasteiger partial charge in [0.05, 0.1) is 17.0 Å². The maximum atomic E-state index is 13.3. The lowest BCUT2D eigenvalue weighted by Gasteiger charge is -2.46. The molecule has 1 aliphatic rings. The Labute approximate surface area is 216 Å². The number of urea groups is 1. The zero-order valence-electron chi connectivity index (χ0n) is 21.1. The van der Waals surface area contributed by atoms with Gasteiger partial charge in [-0.25, -0.2) is 4.79 Å². The third-order valence-corrected chi connectivity index (χ3v) is 7.71. The van der Waals surface area contributed by atoms with Crippen LogP contribution in [-0.2, 0) is 22.4 Å². The van der Waals surface area contributed by atoms with Gasteiger partial charge in [0.1, 0.15) is 0 Å². The summed E-state index contributed by atoms with van der Waals surface area (Å²) in [7, 11) is 0. The van der Waals surface area contributed by atoms with Gasteiger partial charge in [-0.2, -0.15) is 0 Å². The van der Waals surface area contributed by atoms with E-state index in [4.69, 9.17) is 17.2 Å². The average molecular weight is 500 g/mol. The van der Waals surface area contributed by atoms with Crippen molar-refractivity contribution in [3.8, 4) is 11.1 Å². The largest absolute Gasteiger partial charge is 0.369 e. The first kappa shape index (κ1) is 25.9. The molecule has 8 nitrogen and oxygen atoms in total. The van der Waals surface area contributed by atoms with Crippen LogP contribution in [0.25, 0.3) is 11.1 Å². The molecule has 0 saturated carbocycles. The van der Waals surface area contributed by atoms with Crippen LogP contribution >= 0.6 is 0 Å². The first-order chi connectivity index (χ1) is 17.5. The van der Waals surface area contributed by atoms with E-state index < -0.39 is 28.8 Å². The Balaban J connectivity index is 1.60.